The van der Waals surface area contributed by atoms with Gasteiger partial charge in [-0.25, -0.2) is 22.3 Å². The summed E-state index contributed by atoms with van der Waals surface area (Å²) in [6, 6.07) is 4.87. The summed E-state index contributed by atoms with van der Waals surface area (Å²) in [7, 11) is -3.89. The van der Waals surface area contributed by atoms with Gasteiger partial charge in [0, 0.05) is 24.6 Å². The molecule has 1 aliphatic heterocycles. The fourth-order valence-electron chi connectivity index (χ4n) is 2.00. The van der Waals surface area contributed by atoms with Crippen molar-refractivity contribution in [2.24, 2.45) is 0 Å². The number of nitrogens with zero attached hydrogens (tertiary/aromatic N) is 1. The van der Waals surface area contributed by atoms with Gasteiger partial charge < -0.3 is 4.90 Å². The van der Waals surface area contributed by atoms with Gasteiger partial charge in [0.25, 0.3) is 10.0 Å². The number of carbonyl (C=O) groups is 1. The van der Waals surface area contributed by atoms with Crippen LogP contribution in [0.4, 0.5) is 9.18 Å². The van der Waals surface area contributed by atoms with Crippen molar-refractivity contribution < 1.29 is 17.6 Å². The van der Waals surface area contributed by atoms with Gasteiger partial charge in [0.1, 0.15) is 5.82 Å². The smallest absolute Gasteiger partial charge is 0.322 e. The Hall–Kier alpha value is -1.54. The number of hydrogen-bond acceptors (Lipinski definition) is 4. The average Bonchev–Trinajstić information content (AvgIpc) is 2.47. The lowest BCUT2D eigenvalue weighted by Gasteiger charge is -2.26. The number of nitrogens with one attached hydrogen (secondary N) is 1. The van der Waals surface area contributed by atoms with Crippen molar-refractivity contribution in [1.82, 2.24) is 9.62 Å². The summed E-state index contributed by atoms with van der Waals surface area (Å²) in [4.78, 5) is 13.4. The van der Waals surface area contributed by atoms with Crippen LogP contribution < -0.4 is 4.72 Å². The van der Waals surface area contributed by atoms with Crippen molar-refractivity contribution in [3.05, 3.63) is 41.1 Å². The lowest BCUT2D eigenvalue weighted by atomic mass is 10.1. The van der Waals surface area contributed by atoms with Crippen LogP contribution in [0.2, 0.25) is 0 Å². The van der Waals surface area contributed by atoms with Crippen LogP contribution in [0.1, 0.15) is 12.5 Å². The molecule has 8 heteroatoms. The van der Waals surface area contributed by atoms with Crippen LogP contribution in [0.5, 0.6) is 0 Å². The topological polar surface area (TPSA) is 66.5 Å². The zero-order valence-electron chi connectivity index (χ0n) is 12.1. The predicted molar refractivity (Wildman–Crippen MR) is 86.4 cm³/mol. The first-order chi connectivity index (χ1) is 10.4. The SMILES string of the molecule is C/C(=C\S(=O)(=O)NC(=O)N1CCSCC1)c1ccc(F)cc1. The Bertz CT molecular complexity index is 666. The molecule has 1 fully saturated rings. The van der Waals surface area contributed by atoms with Crippen LogP contribution in [0.25, 0.3) is 5.57 Å². The first-order valence-corrected chi connectivity index (χ1v) is 9.41. The van der Waals surface area contributed by atoms with Crippen LogP contribution in [-0.4, -0.2) is 43.9 Å². The Balaban J connectivity index is 2.07. The van der Waals surface area contributed by atoms with E-state index < -0.39 is 21.9 Å². The minimum absolute atomic E-state index is 0.393. The Labute approximate surface area is 133 Å². The molecule has 2 rings (SSSR count). The van der Waals surface area contributed by atoms with Gasteiger partial charge in [0.05, 0.1) is 5.41 Å². The minimum atomic E-state index is -3.89. The first-order valence-electron chi connectivity index (χ1n) is 6.71. The molecule has 0 spiro atoms. The number of urea groups is 1. The highest BCUT2D eigenvalue weighted by Crippen LogP contribution is 2.16. The lowest BCUT2D eigenvalue weighted by molar-refractivity contribution is 0.209. The number of rotatable bonds is 3. The molecule has 22 heavy (non-hydrogen) atoms. The van der Waals surface area contributed by atoms with E-state index in [1.807, 2.05) is 4.72 Å². The van der Waals surface area contributed by atoms with E-state index in [0.717, 1.165) is 16.9 Å². The molecular formula is C14H17FN2O3S2. The molecule has 0 radical (unpaired) electrons. The van der Waals surface area contributed by atoms with E-state index in [2.05, 4.69) is 0 Å². The Morgan fingerprint density at radius 3 is 2.45 bits per heavy atom. The number of carbonyl (C=O) groups excluding carboxylic acids is 1. The van der Waals surface area contributed by atoms with Crippen LogP contribution in [-0.2, 0) is 10.0 Å². The summed E-state index contributed by atoms with van der Waals surface area (Å²) in [5.41, 5.74) is 1.00. The molecule has 2 amide bonds. The van der Waals surface area contributed by atoms with Crippen molar-refractivity contribution in [2.75, 3.05) is 24.6 Å². The van der Waals surface area contributed by atoms with Crippen molar-refractivity contribution in [1.29, 1.82) is 0 Å². The van der Waals surface area contributed by atoms with E-state index in [1.54, 1.807) is 18.7 Å². The van der Waals surface area contributed by atoms with E-state index in [4.69, 9.17) is 0 Å². The lowest BCUT2D eigenvalue weighted by Crippen LogP contribution is -2.45. The van der Waals surface area contributed by atoms with E-state index in [1.165, 1.54) is 29.2 Å². The van der Waals surface area contributed by atoms with Gasteiger partial charge in [-0.2, -0.15) is 11.8 Å². The third-order valence-electron chi connectivity index (χ3n) is 3.16. The molecule has 0 aliphatic carbocycles. The van der Waals surface area contributed by atoms with Gasteiger partial charge in [-0.1, -0.05) is 12.1 Å². The van der Waals surface area contributed by atoms with E-state index in [0.29, 0.717) is 24.2 Å². The van der Waals surface area contributed by atoms with Gasteiger partial charge >= 0.3 is 6.03 Å². The average molecular weight is 344 g/mol. The summed E-state index contributed by atoms with van der Waals surface area (Å²) >= 11 is 1.73. The molecule has 0 bridgehead atoms. The maximum Gasteiger partial charge on any atom is 0.331 e. The first kappa shape index (κ1) is 16.8. The summed E-state index contributed by atoms with van der Waals surface area (Å²) in [6.07, 6.45) is 0. The summed E-state index contributed by atoms with van der Waals surface area (Å²) < 4.78 is 38.9. The van der Waals surface area contributed by atoms with Gasteiger partial charge in [0.2, 0.25) is 0 Å². The highest BCUT2D eigenvalue weighted by atomic mass is 32.2. The predicted octanol–water partition coefficient (Wildman–Crippen LogP) is 2.27. The number of halogens is 1. The van der Waals surface area contributed by atoms with Gasteiger partial charge in [0.15, 0.2) is 0 Å². The van der Waals surface area contributed by atoms with Gasteiger partial charge in [-0.3, -0.25) is 0 Å². The number of benzene rings is 1. The van der Waals surface area contributed by atoms with Crippen molar-refractivity contribution in [3.63, 3.8) is 0 Å². The number of allylic oxidation sites excluding steroid dienone is 1. The fourth-order valence-corrected chi connectivity index (χ4v) is 3.93. The largest absolute Gasteiger partial charge is 0.331 e. The molecule has 0 aromatic heterocycles. The number of thioether (sulfide) groups is 1. The maximum absolute atomic E-state index is 12.9. The second kappa shape index (κ2) is 7.15. The monoisotopic (exact) mass is 344 g/mol. The second-order valence-electron chi connectivity index (χ2n) is 4.86. The zero-order valence-corrected chi connectivity index (χ0v) is 13.7. The van der Waals surface area contributed by atoms with Crippen LogP contribution in [0, 0.1) is 5.82 Å². The molecule has 5 nitrogen and oxygen atoms in total. The molecule has 0 atom stereocenters. The normalized spacial score (nSPS) is 16.5. The molecule has 0 unspecified atom stereocenters. The van der Waals surface area contributed by atoms with Gasteiger partial charge in [-0.05, 0) is 30.2 Å². The van der Waals surface area contributed by atoms with E-state index in [-0.39, 0.29) is 0 Å². The van der Waals surface area contributed by atoms with Crippen LogP contribution in [0.15, 0.2) is 29.7 Å². The highest BCUT2D eigenvalue weighted by Gasteiger charge is 2.20. The number of amides is 2. The van der Waals surface area contributed by atoms with Crippen molar-refractivity contribution in [3.8, 4) is 0 Å². The number of sulfonamides is 1. The van der Waals surface area contributed by atoms with Crippen LogP contribution >= 0.6 is 11.8 Å². The molecule has 1 aromatic rings. The van der Waals surface area contributed by atoms with E-state index in [9.17, 15) is 17.6 Å². The maximum atomic E-state index is 12.9. The van der Waals surface area contributed by atoms with Crippen LogP contribution in [0.3, 0.4) is 0 Å². The minimum Gasteiger partial charge on any atom is -0.322 e. The summed E-state index contributed by atoms with van der Waals surface area (Å²) in [5, 5.41) is 0.983. The standard InChI is InChI=1S/C14H17FN2O3S2/c1-11(12-2-4-13(15)5-3-12)10-22(19,20)16-14(18)17-6-8-21-9-7-17/h2-5,10H,6-9H2,1H3,(H,16,18)/b11-10+. The molecule has 1 aliphatic rings. The molecule has 1 saturated heterocycles. The van der Waals surface area contributed by atoms with E-state index >= 15 is 0 Å². The van der Waals surface area contributed by atoms with Gasteiger partial charge in [-0.15, -0.1) is 0 Å². The third kappa shape index (κ3) is 4.74. The fraction of sp³-hybridized carbons (Fsp3) is 0.357. The third-order valence-corrected chi connectivity index (χ3v) is 5.22. The Morgan fingerprint density at radius 1 is 1.27 bits per heavy atom. The quantitative estimate of drug-likeness (QED) is 0.913. The number of hydrogen-bond donors (Lipinski definition) is 1. The molecule has 0 saturated carbocycles. The zero-order chi connectivity index (χ0) is 16.2. The molecule has 1 aromatic carbocycles. The summed E-state index contributed by atoms with van der Waals surface area (Å²) in [5.74, 6) is 1.21. The molecule has 1 heterocycles. The van der Waals surface area contributed by atoms with Crippen molar-refractivity contribution in [2.45, 2.75) is 6.92 Å². The molecule has 1 N–H and O–H groups in total. The summed E-state index contributed by atoms with van der Waals surface area (Å²) in [6.45, 7) is 2.66. The second-order valence-corrected chi connectivity index (χ2v) is 7.61. The Kier molecular flexibility index (Phi) is 5.47. The molecular weight excluding hydrogens is 327 g/mol. The Morgan fingerprint density at radius 2 is 1.86 bits per heavy atom. The van der Waals surface area contributed by atoms with Crippen molar-refractivity contribution >= 4 is 33.4 Å². The highest BCUT2D eigenvalue weighted by molar-refractivity contribution is 7.99. The molecule has 120 valence electrons.